The van der Waals surface area contributed by atoms with Crippen molar-refractivity contribution in [2.24, 2.45) is 0 Å². The fourth-order valence-corrected chi connectivity index (χ4v) is 0.906. The molecule has 0 spiro atoms. The molecular weight excluding hydrogens is 241 g/mol. The van der Waals surface area contributed by atoms with Crippen LogP contribution >= 0.6 is 22.6 Å². The second kappa shape index (κ2) is 2.88. The third kappa shape index (κ3) is 1.39. The quantitative estimate of drug-likeness (QED) is 0.551. The van der Waals surface area contributed by atoms with E-state index in [1.54, 1.807) is 12.1 Å². The molecule has 0 radical (unpaired) electrons. The van der Waals surface area contributed by atoms with Crippen LogP contribution in [0.25, 0.3) is 4.85 Å². The fraction of sp³-hybridized carbons (Fsp3) is 0. The number of halogens is 1. The molecular formula is C7H4INO. The molecule has 0 atom stereocenters. The predicted molar refractivity (Wildman–Crippen MR) is 47.1 cm³/mol. The maximum atomic E-state index is 9.08. The minimum absolute atomic E-state index is 0.175. The van der Waals surface area contributed by atoms with E-state index in [4.69, 9.17) is 11.7 Å². The van der Waals surface area contributed by atoms with Crippen molar-refractivity contribution in [2.75, 3.05) is 0 Å². The highest BCUT2D eigenvalue weighted by atomic mass is 127. The normalized spacial score (nSPS) is 8.80. The van der Waals surface area contributed by atoms with Crippen LogP contribution < -0.4 is 0 Å². The van der Waals surface area contributed by atoms with Gasteiger partial charge in [-0.05, 0) is 28.7 Å². The van der Waals surface area contributed by atoms with Crippen LogP contribution in [0.1, 0.15) is 0 Å². The molecule has 0 aliphatic heterocycles. The topological polar surface area (TPSA) is 24.6 Å². The maximum Gasteiger partial charge on any atom is 0.190 e. The molecule has 1 aromatic carbocycles. The summed E-state index contributed by atoms with van der Waals surface area (Å²) in [6, 6.07) is 4.84. The van der Waals surface area contributed by atoms with Gasteiger partial charge in [-0.15, -0.1) is 0 Å². The summed E-state index contributed by atoms with van der Waals surface area (Å²) in [6.07, 6.45) is 0. The largest absolute Gasteiger partial charge is 0.508 e. The first-order valence-corrected chi connectivity index (χ1v) is 3.68. The minimum atomic E-state index is 0.175. The van der Waals surface area contributed by atoms with Gasteiger partial charge < -0.3 is 5.11 Å². The number of nitrogens with zero attached hydrogens (tertiary/aromatic N) is 1. The van der Waals surface area contributed by atoms with Gasteiger partial charge >= 0.3 is 0 Å². The zero-order valence-corrected chi connectivity index (χ0v) is 7.16. The van der Waals surface area contributed by atoms with Crippen molar-refractivity contribution < 1.29 is 5.11 Å². The van der Waals surface area contributed by atoms with Gasteiger partial charge in [0.25, 0.3) is 0 Å². The van der Waals surface area contributed by atoms with Crippen molar-refractivity contribution in [3.63, 3.8) is 0 Å². The van der Waals surface area contributed by atoms with Crippen LogP contribution in [0.15, 0.2) is 18.2 Å². The molecule has 1 rings (SSSR count). The highest BCUT2D eigenvalue weighted by molar-refractivity contribution is 14.1. The molecule has 0 amide bonds. The van der Waals surface area contributed by atoms with Gasteiger partial charge in [0, 0.05) is 0 Å². The lowest BCUT2D eigenvalue weighted by molar-refractivity contribution is 0.472. The van der Waals surface area contributed by atoms with E-state index in [2.05, 4.69) is 4.85 Å². The Morgan fingerprint density at radius 1 is 1.50 bits per heavy atom. The molecule has 1 N–H and O–H groups in total. The Morgan fingerprint density at radius 3 is 2.70 bits per heavy atom. The van der Waals surface area contributed by atoms with Gasteiger partial charge in [0.15, 0.2) is 5.69 Å². The minimum Gasteiger partial charge on any atom is -0.508 e. The lowest BCUT2D eigenvalue weighted by Crippen LogP contribution is -1.69. The molecule has 1 aromatic rings. The standard InChI is InChI=1S/C7H4INO/c1-9-5-2-3-6(8)7(10)4-5/h2-4,10H. The molecule has 0 aromatic heterocycles. The first-order valence-electron chi connectivity index (χ1n) is 2.60. The van der Waals surface area contributed by atoms with Crippen molar-refractivity contribution in [2.45, 2.75) is 0 Å². The van der Waals surface area contributed by atoms with Gasteiger partial charge in [0.1, 0.15) is 5.75 Å². The molecule has 0 bridgehead atoms. The molecule has 0 aliphatic rings. The van der Waals surface area contributed by atoms with Crippen LogP contribution in [0.4, 0.5) is 5.69 Å². The highest BCUT2D eigenvalue weighted by Gasteiger charge is 1.96. The summed E-state index contributed by atoms with van der Waals surface area (Å²) in [5.41, 5.74) is 0.470. The molecule has 10 heavy (non-hydrogen) atoms. The second-order valence-electron chi connectivity index (χ2n) is 1.75. The molecule has 0 aliphatic carbocycles. The number of aromatic hydroxyl groups is 1. The van der Waals surface area contributed by atoms with Gasteiger partial charge in [0.05, 0.1) is 10.1 Å². The third-order valence-corrected chi connectivity index (χ3v) is 1.97. The molecule has 2 nitrogen and oxygen atoms in total. The molecule has 0 saturated carbocycles. The Hall–Kier alpha value is -0.760. The maximum absolute atomic E-state index is 9.08. The van der Waals surface area contributed by atoms with Gasteiger partial charge in [-0.3, -0.25) is 0 Å². The molecule has 0 saturated heterocycles. The number of phenolic OH excluding ortho intramolecular Hbond substituents is 1. The van der Waals surface area contributed by atoms with Gasteiger partial charge in [-0.1, -0.05) is 12.1 Å². The van der Waals surface area contributed by atoms with E-state index >= 15 is 0 Å². The van der Waals surface area contributed by atoms with Gasteiger partial charge in [-0.25, -0.2) is 4.85 Å². The van der Waals surface area contributed by atoms with Crippen LogP contribution in [-0.4, -0.2) is 5.11 Å². The van der Waals surface area contributed by atoms with Crippen molar-refractivity contribution in [1.29, 1.82) is 0 Å². The first-order chi connectivity index (χ1) is 4.74. The number of benzene rings is 1. The third-order valence-electron chi connectivity index (χ3n) is 1.06. The fourth-order valence-electron chi connectivity index (χ4n) is 0.571. The van der Waals surface area contributed by atoms with Crippen LogP contribution in [0.3, 0.4) is 0 Å². The van der Waals surface area contributed by atoms with E-state index in [1.165, 1.54) is 6.07 Å². The Morgan fingerprint density at radius 2 is 2.20 bits per heavy atom. The Labute approximate surface area is 72.5 Å². The van der Waals surface area contributed by atoms with Crippen molar-refractivity contribution in [1.82, 2.24) is 0 Å². The van der Waals surface area contributed by atoms with Crippen LogP contribution in [0.5, 0.6) is 5.75 Å². The van der Waals surface area contributed by atoms with E-state index in [-0.39, 0.29) is 5.75 Å². The van der Waals surface area contributed by atoms with E-state index < -0.39 is 0 Å². The summed E-state index contributed by atoms with van der Waals surface area (Å²) in [7, 11) is 0. The zero-order valence-electron chi connectivity index (χ0n) is 5.00. The molecule has 0 fully saturated rings. The van der Waals surface area contributed by atoms with E-state index in [9.17, 15) is 0 Å². The zero-order chi connectivity index (χ0) is 7.56. The summed E-state index contributed by atoms with van der Waals surface area (Å²) in [4.78, 5) is 3.16. The second-order valence-corrected chi connectivity index (χ2v) is 2.91. The van der Waals surface area contributed by atoms with E-state index in [0.29, 0.717) is 5.69 Å². The summed E-state index contributed by atoms with van der Waals surface area (Å²) in [5, 5.41) is 9.08. The van der Waals surface area contributed by atoms with Gasteiger partial charge in [0.2, 0.25) is 0 Å². The summed E-state index contributed by atoms with van der Waals surface area (Å²) in [5.74, 6) is 0.175. The number of hydrogen-bond acceptors (Lipinski definition) is 1. The Kier molecular flexibility index (Phi) is 2.12. The van der Waals surface area contributed by atoms with Crippen LogP contribution in [0.2, 0.25) is 0 Å². The van der Waals surface area contributed by atoms with Crippen molar-refractivity contribution in [3.8, 4) is 5.75 Å². The smallest absolute Gasteiger partial charge is 0.190 e. The van der Waals surface area contributed by atoms with E-state index in [0.717, 1.165) is 3.57 Å². The lowest BCUT2D eigenvalue weighted by atomic mass is 10.3. The monoisotopic (exact) mass is 245 g/mol. The first kappa shape index (κ1) is 7.35. The lowest BCUT2D eigenvalue weighted by Gasteiger charge is -1.94. The van der Waals surface area contributed by atoms with Crippen LogP contribution in [0, 0.1) is 10.1 Å². The van der Waals surface area contributed by atoms with Gasteiger partial charge in [-0.2, -0.15) is 0 Å². The van der Waals surface area contributed by atoms with Crippen molar-refractivity contribution in [3.05, 3.63) is 33.2 Å². The summed E-state index contributed by atoms with van der Waals surface area (Å²) in [6.45, 7) is 6.62. The molecule has 0 unspecified atom stereocenters. The van der Waals surface area contributed by atoms with E-state index in [1.807, 2.05) is 22.6 Å². The summed E-state index contributed by atoms with van der Waals surface area (Å²) < 4.78 is 0.769. The average Bonchev–Trinajstić information content (AvgIpc) is 1.95. The number of rotatable bonds is 0. The Bertz CT molecular complexity index is 290. The Balaban J connectivity index is 3.20. The van der Waals surface area contributed by atoms with Crippen LogP contribution in [-0.2, 0) is 0 Å². The number of phenols is 1. The molecule has 3 heteroatoms. The highest BCUT2D eigenvalue weighted by Crippen LogP contribution is 2.24. The summed E-state index contributed by atoms with van der Waals surface area (Å²) >= 11 is 2.00. The van der Waals surface area contributed by atoms with Crippen molar-refractivity contribution >= 4 is 28.3 Å². The number of hydrogen-bond donors (Lipinski definition) is 1. The molecule has 0 heterocycles. The predicted octanol–water partition coefficient (Wildman–Crippen LogP) is 2.55. The SMILES string of the molecule is [C-]#[N+]c1ccc(I)c(O)c1. The average molecular weight is 245 g/mol. The molecule has 50 valence electrons.